The summed E-state index contributed by atoms with van der Waals surface area (Å²) in [4.78, 5) is 0.219. The standard InChI is InChI=1S/C21H24Br2N2O4S/c1-14(29-17-6-3-15(22)4-7-17)10-24-18-9-16(23)5-8-19(18)30(26,27)25-21-11-20(2,12-21)28-13-21/h3-9,14,24-25H,10-13H2,1-2H3. The van der Waals surface area contributed by atoms with Crippen LogP contribution in [0, 0.1) is 0 Å². The van der Waals surface area contributed by atoms with Gasteiger partial charge in [-0.25, -0.2) is 13.1 Å². The summed E-state index contributed by atoms with van der Waals surface area (Å²) in [5.41, 5.74) is -0.153. The molecular weight excluding hydrogens is 536 g/mol. The van der Waals surface area contributed by atoms with Crippen molar-refractivity contribution in [2.45, 2.75) is 48.8 Å². The van der Waals surface area contributed by atoms with E-state index < -0.39 is 15.6 Å². The van der Waals surface area contributed by atoms with Crippen molar-refractivity contribution >= 4 is 47.6 Å². The number of sulfonamides is 1. The Hall–Kier alpha value is -1.13. The third kappa shape index (κ3) is 4.70. The smallest absolute Gasteiger partial charge is 0.243 e. The van der Waals surface area contributed by atoms with Gasteiger partial charge in [-0.05, 0) is 69.2 Å². The second kappa shape index (κ2) is 8.09. The molecule has 2 heterocycles. The van der Waals surface area contributed by atoms with E-state index in [0.29, 0.717) is 31.7 Å². The van der Waals surface area contributed by atoms with Crippen molar-refractivity contribution in [3.05, 3.63) is 51.4 Å². The van der Waals surface area contributed by atoms with E-state index in [0.717, 1.165) is 14.7 Å². The molecule has 2 aromatic carbocycles. The Bertz CT molecular complexity index is 1040. The fourth-order valence-electron chi connectivity index (χ4n) is 4.25. The number of rotatable bonds is 8. The molecule has 6 nitrogen and oxygen atoms in total. The summed E-state index contributed by atoms with van der Waals surface area (Å²) in [6.07, 6.45) is 1.25. The summed E-state index contributed by atoms with van der Waals surface area (Å²) in [7, 11) is -3.71. The molecule has 162 valence electrons. The van der Waals surface area contributed by atoms with Crippen LogP contribution in [0.4, 0.5) is 5.69 Å². The van der Waals surface area contributed by atoms with Crippen molar-refractivity contribution in [3.8, 4) is 5.75 Å². The van der Waals surface area contributed by atoms with Crippen LogP contribution in [0.5, 0.6) is 5.75 Å². The van der Waals surface area contributed by atoms with Crippen molar-refractivity contribution < 1.29 is 17.9 Å². The van der Waals surface area contributed by atoms with Gasteiger partial charge in [-0.3, -0.25) is 0 Å². The first kappa shape index (κ1) is 22.1. The topological polar surface area (TPSA) is 76.7 Å². The molecule has 2 N–H and O–H groups in total. The van der Waals surface area contributed by atoms with Crippen LogP contribution >= 0.6 is 31.9 Å². The Morgan fingerprint density at radius 2 is 1.80 bits per heavy atom. The number of hydrogen-bond donors (Lipinski definition) is 2. The van der Waals surface area contributed by atoms with Gasteiger partial charge in [0, 0.05) is 8.95 Å². The number of fused-ring (bicyclic) bond motifs is 1. The van der Waals surface area contributed by atoms with E-state index in [9.17, 15) is 8.42 Å². The molecular formula is C21H24Br2N2O4S. The average Bonchev–Trinajstić information content (AvgIpc) is 3.13. The number of benzene rings is 2. The van der Waals surface area contributed by atoms with E-state index in [2.05, 4.69) is 41.9 Å². The molecule has 5 rings (SSSR count). The maximum atomic E-state index is 13.2. The van der Waals surface area contributed by atoms with Gasteiger partial charge in [-0.2, -0.15) is 0 Å². The summed E-state index contributed by atoms with van der Waals surface area (Å²) < 4.78 is 42.6. The van der Waals surface area contributed by atoms with Crippen LogP contribution in [0.1, 0.15) is 26.7 Å². The molecule has 3 fully saturated rings. The molecule has 1 atom stereocenters. The van der Waals surface area contributed by atoms with E-state index >= 15 is 0 Å². The van der Waals surface area contributed by atoms with E-state index in [-0.39, 0.29) is 16.6 Å². The zero-order valence-corrected chi connectivity index (χ0v) is 20.7. The number of nitrogens with one attached hydrogen (secondary N) is 2. The van der Waals surface area contributed by atoms with E-state index in [4.69, 9.17) is 9.47 Å². The van der Waals surface area contributed by atoms with E-state index in [1.165, 1.54) is 0 Å². The molecule has 1 unspecified atom stereocenters. The number of ether oxygens (including phenoxy) is 2. The van der Waals surface area contributed by atoms with Crippen molar-refractivity contribution in [2.24, 2.45) is 0 Å². The molecule has 0 radical (unpaired) electrons. The predicted octanol–water partition coefficient (Wildman–Crippen LogP) is 4.69. The van der Waals surface area contributed by atoms with E-state index in [1.807, 2.05) is 38.1 Å². The SMILES string of the molecule is CC(CNc1cc(Br)ccc1S(=O)(=O)NC12COC(C)(C1)C2)Oc1ccc(Br)cc1. The number of anilines is 1. The zero-order valence-electron chi connectivity index (χ0n) is 16.7. The zero-order chi connectivity index (χ0) is 21.6. The summed E-state index contributed by atoms with van der Waals surface area (Å²) >= 11 is 6.84. The third-order valence-electron chi connectivity index (χ3n) is 5.43. The van der Waals surface area contributed by atoms with Crippen LogP contribution in [0.15, 0.2) is 56.3 Å². The van der Waals surface area contributed by atoms with Gasteiger partial charge in [0.2, 0.25) is 10.0 Å². The average molecular weight is 560 g/mol. The minimum absolute atomic E-state index is 0.164. The van der Waals surface area contributed by atoms with Gasteiger partial charge >= 0.3 is 0 Å². The quantitative estimate of drug-likeness (QED) is 0.490. The van der Waals surface area contributed by atoms with E-state index in [1.54, 1.807) is 18.2 Å². The Morgan fingerprint density at radius 3 is 2.43 bits per heavy atom. The van der Waals surface area contributed by atoms with Crippen LogP contribution < -0.4 is 14.8 Å². The highest BCUT2D eigenvalue weighted by atomic mass is 79.9. The lowest BCUT2D eigenvalue weighted by atomic mass is 9.70. The molecule has 2 aromatic rings. The summed E-state index contributed by atoms with van der Waals surface area (Å²) in [5, 5.41) is 3.23. The molecule has 1 aliphatic carbocycles. The number of halogens is 2. The first-order valence-electron chi connectivity index (χ1n) is 9.72. The van der Waals surface area contributed by atoms with Crippen LogP contribution in [-0.4, -0.2) is 38.8 Å². The fourth-order valence-corrected chi connectivity index (χ4v) is 6.43. The van der Waals surface area contributed by atoms with Crippen LogP contribution in [0.3, 0.4) is 0 Å². The van der Waals surface area contributed by atoms with Crippen LogP contribution in [0.2, 0.25) is 0 Å². The molecule has 0 amide bonds. The largest absolute Gasteiger partial charge is 0.489 e. The molecule has 0 spiro atoms. The minimum atomic E-state index is -3.71. The lowest BCUT2D eigenvalue weighted by molar-refractivity contribution is 0.0151. The molecule has 3 aliphatic rings. The lowest BCUT2D eigenvalue weighted by Crippen LogP contribution is -2.58. The second-order valence-electron chi connectivity index (χ2n) is 8.38. The Morgan fingerprint density at radius 1 is 1.13 bits per heavy atom. The first-order chi connectivity index (χ1) is 14.1. The highest BCUT2D eigenvalue weighted by Crippen LogP contribution is 2.51. The van der Waals surface area contributed by atoms with Gasteiger partial charge in [-0.15, -0.1) is 0 Å². The third-order valence-corrected chi connectivity index (χ3v) is 8.09. The van der Waals surface area contributed by atoms with Gasteiger partial charge in [0.1, 0.15) is 16.7 Å². The Balaban J connectivity index is 1.46. The molecule has 2 aliphatic heterocycles. The van der Waals surface area contributed by atoms with Gasteiger partial charge in [0.25, 0.3) is 0 Å². The van der Waals surface area contributed by atoms with Crippen LogP contribution in [-0.2, 0) is 14.8 Å². The molecule has 30 heavy (non-hydrogen) atoms. The minimum Gasteiger partial charge on any atom is -0.489 e. The lowest BCUT2D eigenvalue weighted by Gasteiger charge is -2.42. The van der Waals surface area contributed by atoms with Gasteiger partial charge in [0.05, 0.1) is 30.0 Å². The van der Waals surface area contributed by atoms with Gasteiger partial charge < -0.3 is 14.8 Å². The maximum absolute atomic E-state index is 13.2. The molecule has 0 aromatic heterocycles. The summed E-state index contributed by atoms with van der Waals surface area (Å²) in [5.74, 6) is 0.754. The van der Waals surface area contributed by atoms with Gasteiger partial charge in [-0.1, -0.05) is 31.9 Å². The monoisotopic (exact) mass is 558 g/mol. The molecule has 1 saturated carbocycles. The predicted molar refractivity (Wildman–Crippen MR) is 124 cm³/mol. The number of hydrogen-bond acceptors (Lipinski definition) is 5. The molecule has 2 saturated heterocycles. The molecule has 2 bridgehead atoms. The normalized spacial score (nSPS) is 26.1. The maximum Gasteiger partial charge on any atom is 0.243 e. The second-order valence-corrected chi connectivity index (χ2v) is 11.9. The van der Waals surface area contributed by atoms with Crippen molar-refractivity contribution in [2.75, 3.05) is 18.5 Å². The Labute approximate surface area is 194 Å². The fraction of sp³-hybridized carbons (Fsp3) is 0.429. The van der Waals surface area contributed by atoms with Crippen LogP contribution in [0.25, 0.3) is 0 Å². The van der Waals surface area contributed by atoms with Gasteiger partial charge in [0.15, 0.2) is 0 Å². The van der Waals surface area contributed by atoms with Crippen molar-refractivity contribution in [1.29, 1.82) is 0 Å². The Kier molecular flexibility index (Phi) is 5.95. The molecule has 9 heteroatoms. The first-order valence-corrected chi connectivity index (χ1v) is 12.8. The van der Waals surface area contributed by atoms with Crippen molar-refractivity contribution in [1.82, 2.24) is 4.72 Å². The summed E-state index contributed by atoms with van der Waals surface area (Å²) in [6.45, 7) is 4.82. The highest BCUT2D eigenvalue weighted by molar-refractivity contribution is 9.10. The summed E-state index contributed by atoms with van der Waals surface area (Å²) in [6, 6.07) is 12.7. The highest BCUT2D eigenvalue weighted by Gasteiger charge is 2.61. The van der Waals surface area contributed by atoms with Crippen molar-refractivity contribution in [3.63, 3.8) is 0 Å².